The monoisotopic (exact) mass is 363 g/mol. The summed E-state index contributed by atoms with van der Waals surface area (Å²) < 4.78 is 1.25. The Balaban J connectivity index is 1.43. The standard InChI is InChI=1S/C23H25NOS/c1-17(23(25)21-16-26-22-10-6-5-9-20(21)22)24-13-11-19(12-14-24)15-18-7-3-2-4-8-18/h2-11,16-17,23,25H,12-15H2,1H3/t17-,23-/m1/s1. The van der Waals surface area contributed by atoms with Crippen molar-refractivity contribution in [3.05, 3.63) is 82.8 Å². The van der Waals surface area contributed by atoms with Crippen LogP contribution in [0.2, 0.25) is 0 Å². The Morgan fingerprint density at radius 2 is 1.85 bits per heavy atom. The first-order valence-corrected chi connectivity index (χ1v) is 10.2. The molecule has 0 spiro atoms. The van der Waals surface area contributed by atoms with Crippen molar-refractivity contribution in [3.8, 4) is 0 Å². The van der Waals surface area contributed by atoms with Crippen molar-refractivity contribution in [1.29, 1.82) is 0 Å². The topological polar surface area (TPSA) is 23.5 Å². The van der Waals surface area contributed by atoms with E-state index in [-0.39, 0.29) is 6.04 Å². The van der Waals surface area contributed by atoms with Gasteiger partial charge in [-0.15, -0.1) is 11.3 Å². The van der Waals surface area contributed by atoms with Crippen LogP contribution in [0.5, 0.6) is 0 Å². The molecule has 2 heterocycles. The van der Waals surface area contributed by atoms with Crippen molar-refractivity contribution >= 4 is 21.4 Å². The molecular weight excluding hydrogens is 338 g/mol. The van der Waals surface area contributed by atoms with Crippen LogP contribution >= 0.6 is 11.3 Å². The lowest BCUT2D eigenvalue weighted by Gasteiger charge is -2.34. The maximum atomic E-state index is 11.0. The maximum Gasteiger partial charge on any atom is 0.0956 e. The fraction of sp³-hybridized carbons (Fsp3) is 0.304. The Hall–Kier alpha value is -1.94. The molecule has 26 heavy (non-hydrogen) atoms. The molecule has 1 aliphatic heterocycles. The van der Waals surface area contributed by atoms with E-state index < -0.39 is 6.10 Å². The van der Waals surface area contributed by atoms with Crippen LogP contribution in [0.3, 0.4) is 0 Å². The van der Waals surface area contributed by atoms with Gasteiger partial charge < -0.3 is 5.11 Å². The van der Waals surface area contributed by atoms with Crippen LogP contribution in [0.1, 0.15) is 30.6 Å². The summed E-state index contributed by atoms with van der Waals surface area (Å²) in [6.07, 6.45) is 4.03. The minimum Gasteiger partial charge on any atom is -0.387 e. The average Bonchev–Trinajstić information content (AvgIpc) is 3.12. The second-order valence-electron chi connectivity index (χ2n) is 7.14. The molecule has 0 saturated carbocycles. The summed E-state index contributed by atoms with van der Waals surface area (Å²) in [5.74, 6) is 0. The number of hydrogen-bond donors (Lipinski definition) is 1. The van der Waals surface area contributed by atoms with Crippen molar-refractivity contribution in [3.63, 3.8) is 0 Å². The molecule has 2 nitrogen and oxygen atoms in total. The highest BCUT2D eigenvalue weighted by atomic mass is 32.1. The van der Waals surface area contributed by atoms with Gasteiger partial charge in [0, 0.05) is 29.4 Å². The van der Waals surface area contributed by atoms with E-state index in [2.05, 4.69) is 77.9 Å². The molecular formula is C23H25NOS. The summed E-state index contributed by atoms with van der Waals surface area (Å²) in [7, 11) is 0. The third-order valence-electron chi connectivity index (χ3n) is 5.47. The predicted molar refractivity (Wildman–Crippen MR) is 111 cm³/mol. The Kier molecular flexibility index (Phi) is 5.21. The van der Waals surface area contributed by atoms with E-state index in [1.165, 1.54) is 21.2 Å². The Labute approximate surface area is 159 Å². The summed E-state index contributed by atoms with van der Waals surface area (Å²) in [5.41, 5.74) is 3.96. The first-order chi connectivity index (χ1) is 12.7. The third-order valence-corrected chi connectivity index (χ3v) is 6.45. The zero-order valence-corrected chi connectivity index (χ0v) is 16.0. The van der Waals surface area contributed by atoms with Crippen LogP contribution in [0.25, 0.3) is 10.1 Å². The smallest absolute Gasteiger partial charge is 0.0956 e. The van der Waals surface area contributed by atoms with E-state index in [9.17, 15) is 5.11 Å². The first-order valence-electron chi connectivity index (χ1n) is 9.32. The molecule has 0 bridgehead atoms. The van der Waals surface area contributed by atoms with Crippen molar-refractivity contribution in [2.75, 3.05) is 13.1 Å². The van der Waals surface area contributed by atoms with E-state index in [0.29, 0.717) is 0 Å². The van der Waals surface area contributed by atoms with Crippen LogP contribution in [0.4, 0.5) is 0 Å². The molecule has 134 valence electrons. The number of thiophene rings is 1. The van der Waals surface area contributed by atoms with Gasteiger partial charge in [0.25, 0.3) is 0 Å². The van der Waals surface area contributed by atoms with Crippen molar-refractivity contribution in [2.24, 2.45) is 0 Å². The molecule has 0 aliphatic carbocycles. The van der Waals surface area contributed by atoms with Crippen LogP contribution in [0, 0.1) is 0 Å². The van der Waals surface area contributed by atoms with Crippen LogP contribution in [0.15, 0.2) is 71.6 Å². The molecule has 0 fully saturated rings. The van der Waals surface area contributed by atoms with E-state index in [1.807, 2.05) is 0 Å². The summed E-state index contributed by atoms with van der Waals surface area (Å²) in [6.45, 7) is 4.08. The molecule has 1 aromatic heterocycles. The second kappa shape index (κ2) is 7.75. The highest BCUT2D eigenvalue weighted by molar-refractivity contribution is 7.17. The van der Waals surface area contributed by atoms with E-state index in [4.69, 9.17) is 0 Å². The van der Waals surface area contributed by atoms with Crippen LogP contribution in [-0.4, -0.2) is 29.1 Å². The Morgan fingerprint density at radius 3 is 2.62 bits per heavy atom. The lowest BCUT2D eigenvalue weighted by molar-refractivity contribution is 0.0635. The normalized spacial score (nSPS) is 17.8. The Morgan fingerprint density at radius 1 is 1.08 bits per heavy atom. The molecule has 1 aliphatic rings. The van der Waals surface area contributed by atoms with Gasteiger partial charge in [-0.1, -0.05) is 60.2 Å². The van der Waals surface area contributed by atoms with Crippen LogP contribution in [-0.2, 0) is 6.42 Å². The van der Waals surface area contributed by atoms with Gasteiger partial charge in [0.05, 0.1) is 6.10 Å². The molecule has 2 aromatic carbocycles. The van der Waals surface area contributed by atoms with Gasteiger partial charge >= 0.3 is 0 Å². The molecule has 1 N–H and O–H groups in total. The molecule has 0 amide bonds. The van der Waals surface area contributed by atoms with Gasteiger partial charge in [-0.2, -0.15) is 0 Å². The highest BCUT2D eigenvalue weighted by Gasteiger charge is 2.26. The molecule has 0 radical (unpaired) electrons. The van der Waals surface area contributed by atoms with Crippen molar-refractivity contribution in [1.82, 2.24) is 4.90 Å². The lowest BCUT2D eigenvalue weighted by atomic mass is 9.96. The summed E-state index contributed by atoms with van der Waals surface area (Å²) in [6, 6.07) is 19.1. The molecule has 0 unspecified atom stereocenters. The maximum absolute atomic E-state index is 11.0. The third kappa shape index (κ3) is 3.61. The number of aliphatic hydroxyl groups is 1. The molecule has 2 atom stereocenters. The number of aliphatic hydroxyl groups excluding tert-OH is 1. The summed E-state index contributed by atoms with van der Waals surface area (Å²) in [5, 5.41) is 14.3. The second-order valence-corrected chi connectivity index (χ2v) is 8.05. The van der Waals surface area contributed by atoms with E-state index in [0.717, 1.165) is 31.5 Å². The zero-order chi connectivity index (χ0) is 17.9. The van der Waals surface area contributed by atoms with Gasteiger partial charge in [-0.3, -0.25) is 4.90 Å². The van der Waals surface area contributed by atoms with Gasteiger partial charge in [-0.25, -0.2) is 0 Å². The largest absolute Gasteiger partial charge is 0.387 e. The summed E-state index contributed by atoms with van der Waals surface area (Å²) in [4.78, 5) is 2.39. The van der Waals surface area contributed by atoms with Crippen molar-refractivity contribution < 1.29 is 5.11 Å². The fourth-order valence-electron chi connectivity index (χ4n) is 3.80. The van der Waals surface area contributed by atoms with E-state index in [1.54, 1.807) is 11.3 Å². The average molecular weight is 364 g/mol. The first kappa shape index (κ1) is 17.5. The SMILES string of the molecule is C[C@H]([C@@H](O)c1csc2ccccc12)N1CC=C(Cc2ccccc2)CC1. The zero-order valence-electron chi connectivity index (χ0n) is 15.1. The number of fused-ring (bicyclic) bond motifs is 1. The van der Waals surface area contributed by atoms with Gasteiger partial charge in [0.15, 0.2) is 0 Å². The summed E-state index contributed by atoms with van der Waals surface area (Å²) >= 11 is 1.72. The molecule has 3 heteroatoms. The molecule has 4 rings (SSSR count). The lowest BCUT2D eigenvalue weighted by Crippen LogP contribution is -2.40. The fourth-order valence-corrected chi connectivity index (χ4v) is 4.79. The van der Waals surface area contributed by atoms with Crippen molar-refractivity contribution in [2.45, 2.75) is 31.9 Å². The highest BCUT2D eigenvalue weighted by Crippen LogP contribution is 2.33. The Bertz CT molecular complexity index is 899. The minimum absolute atomic E-state index is 0.113. The minimum atomic E-state index is -0.449. The van der Waals surface area contributed by atoms with Gasteiger partial charge in [-0.05, 0) is 42.2 Å². The van der Waals surface area contributed by atoms with Gasteiger partial charge in [0.2, 0.25) is 0 Å². The van der Waals surface area contributed by atoms with E-state index >= 15 is 0 Å². The quantitative estimate of drug-likeness (QED) is 0.630. The number of benzene rings is 2. The number of hydrogen-bond acceptors (Lipinski definition) is 3. The van der Waals surface area contributed by atoms with Gasteiger partial charge in [0.1, 0.15) is 0 Å². The van der Waals surface area contributed by atoms with Crippen LogP contribution < -0.4 is 0 Å². The molecule has 3 aromatic rings. The molecule has 0 saturated heterocycles. The number of nitrogens with zero attached hydrogens (tertiary/aromatic N) is 1. The predicted octanol–water partition coefficient (Wildman–Crippen LogP) is 5.20. The number of rotatable bonds is 5.